The Morgan fingerprint density at radius 2 is 1.71 bits per heavy atom. The van der Waals surface area contributed by atoms with E-state index in [0.717, 1.165) is 26.5 Å². The van der Waals surface area contributed by atoms with Crippen molar-refractivity contribution in [3.63, 3.8) is 0 Å². The molecule has 0 aliphatic rings. The highest BCUT2D eigenvalue weighted by molar-refractivity contribution is 7.99. The van der Waals surface area contributed by atoms with Gasteiger partial charge in [-0.2, -0.15) is 0 Å². The first-order chi connectivity index (χ1) is 16.2. The predicted octanol–water partition coefficient (Wildman–Crippen LogP) is 2.34. The van der Waals surface area contributed by atoms with Crippen LogP contribution >= 0.6 is 11.8 Å². The van der Waals surface area contributed by atoms with Gasteiger partial charge in [0.2, 0.25) is 0 Å². The summed E-state index contributed by atoms with van der Waals surface area (Å²) in [6.07, 6.45) is 0. The highest BCUT2D eigenvalue weighted by atomic mass is 32.2. The molecule has 4 rings (SSSR count). The van der Waals surface area contributed by atoms with Crippen LogP contribution in [-0.2, 0) is 14.1 Å². The fourth-order valence-corrected chi connectivity index (χ4v) is 4.26. The second-order valence-corrected chi connectivity index (χ2v) is 8.58. The fourth-order valence-electron chi connectivity index (χ4n) is 3.43. The van der Waals surface area contributed by atoms with Crippen molar-refractivity contribution in [1.82, 2.24) is 23.9 Å². The molecule has 0 amide bonds. The lowest BCUT2D eigenvalue weighted by atomic mass is 10.2. The van der Waals surface area contributed by atoms with Gasteiger partial charge < -0.3 is 5.73 Å². The van der Waals surface area contributed by atoms with E-state index in [0.29, 0.717) is 10.8 Å². The van der Waals surface area contributed by atoms with Crippen LogP contribution in [0.4, 0.5) is 10.2 Å². The van der Waals surface area contributed by atoms with Gasteiger partial charge in [0.25, 0.3) is 5.56 Å². The van der Waals surface area contributed by atoms with Gasteiger partial charge in [-0.25, -0.2) is 9.18 Å². The molecular weight excluding hydrogens is 459 g/mol. The minimum absolute atomic E-state index is 0.196. The largest absolute Gasteiger partial charge is 0.384 e. The van der Waals surface area contributed by atoms with E-state index in [1.165, 1.54) is 20.2 Å². The number of aromatic nitrogens is 5. The van der Waals surface area contributed by atoms with Crippen LogP contribution in [0.1, 0.15) is 15.9 Å². The van der Waals surface area contributed by atoms with E-state index in [9.17, 15) is 18.8 Å². The third-order valence-corrected chi connectivity index (χ3v) is 6.29. The number of Topliss-reactive ketones (excluding diaryl/α,β-unsaturated/α-hetero) is 1. The van der Waals surface area contributed by atoms with Crippen LogP contribution in [0.3, 0.4) is 0 Å². The predicted molar refractivity (Wildman–Crippen MR) is 128 cm³/mol. The topological polar surface area (TPSA) is 118 Å². The van der Waals surface area contributed by atoms with E-state index >= 15 is 0 Å². The number of anilines is 1. The summed E-state index contributed by atoms with van der Waals surface area (Å²) in [5, 5.41) is 8.69. The Balaban J connectivity index is 1.75. The Morgan fingerprint density at radius 1 is 1.03 bits per heavy atom. The first-order valence-electron chi connectivity index (χ1n) is 10.2. The maximum Gasteiger partial charge on any atom is 0.332 e. The van der Waals surface area contributed by atoms with Gasteiger partial charge in [0.1, 0.15) is 17.2 Å². The van der Waals surface area contributed by atoms with Crippen LogP contribution in [0, 0.1) is 12.7 Å². The van der Waals surface area contributed by atoms with E-state index < -0.39 is 22.8 Å². The number of nitrogen functional groups attached to an aromatic ring is 1. The summed E-state index contributed by atoms with van der Waals surface area (Å²) in [6, 6.07) is 13.7. The number of rotatable bonds is 6. The lowest BCUT2D eigenvalue weighted by molar-refractivity contribution is 0.102. The summed E-state index contributed by atoms with van der Waals surface area (Å²) in [6.45, 7) is 1.94. The SMILES string of the molecule is Cc1ccc(-n2c(SCC(=O)c3c(N)n(C)c(=O)n(C)c3=O)nnc2-c2ccccc2F)cc1. The number of halogens is 1. The molecule has 9 nitrogen and oxygen atoms in total. The average molecular weight is 481 g/mol. The molecule has 0 atom stereocenters. The average Bonchev–Trinajstić information content (AvgIpc) is 3.24. The minimum Gasteiger partial charge on any atom is -0.384 e. The lowest BCUT2D eigenvalue weighted by Gasteiger charge is -2.12. The number of carbonyl (C=O) groups is 1. The fraction of sp³-hybridized carbons (Fsp3) is 0.174. The summed E-state index contributed by atoms with van der Waals surface area (Å²) in [4.78, 5) is 37.5. The molecule has 0 saturated heterocycles. The van der Waals surface area contributed by atoms with E-state index in [2.05, 4.69) is 10.2 Å². The summed E-state index contributed by atoms with van der Waals surface area (Å²) >= 11 is 1.03. The molecule has 4 aromatic rings. The quantitative estimate of drug-likeness (QED) is 0.332. The van der Waals surface area contributed by atoms with Crippen molar-refractivity contribution in [1.29, 1.82) is 0 Å². The number of ketones is 1. The van der Waals surface area contributed by atoms with Gasteiger partial charge >= 0.3 is 5.69 Å². The number of hydrogen-bond donors (Lipinski definition) is 1. The second kappa shape index (κ2) is 9.10. The molecule has 2 aromatic heterocycles. The maximum absolute atomic E-state index is 14.6. The third kappa shape index (κ3) is 4.05. The molecule has 0 aliphatic carbocycles. The number of thioether (sulfide) groups is 1. The highest BCUT2D eigenvalue weighted by Crippen LogP contribution is 2.30. The van der Waals surface area contributed by atoms with Crippen LogP contribution in [-0.4, -0.2) is 35.4 Å². The number of hydrogen-bond acceptors (Lipinski definition) is 7. The zero-order valence-corrected chi connectivity index (χ0v) is 19.5. The monoisotopic (exact) mass is 480 g/mol. The van der Waals surface area contributed by atoms with Gasteiger partial charge in [-0.3, -0.25) is 23.3 Å². The third-order valence-electron chi connectivity index (χ3n) is 5.36. The van der Waals surface area contributed by atoms with Crippen molar-refractivity contribution >= 4 is 23.4 Å². The minimum atomic E-state index is -0.766. The van der Waals surface area contributed by atoms with Gasteiger partial charge in [0.15, 0.2) is 16.8 Å². The maximum atomic E-state index is 14.6. The van der Waals surface area contributed by atoms with E-state index in [4.69, 9.17) is 5.73 Å². The Morgan fingerprint density at radius 3 is 2.38 bits per heavy atom. The van der Waals surface area contributed by atoms with Crippen molar-refractivity contribution < 1.29 is 9.18 Å². The number of benzene rings is 2. The van der Waals surface area contributed by atoms with Gasteiger partial charge in [-0.05, 0) is 31.2 Å². The molecule has 174 valence electrons. The molecule has 0 bridgehead atoms. The molecule has 0 unspecified atom stereocenters. The van der Waals surface area contributed by atoms with Crippen LogP contribution in [0.2, 0.25) is 0 Å². The molecule has 0 radical (unpaired) electrons. The summed E-state index contributed by atoms with van der Waals surface area (Å²) < 4.78 is 18.1. The van der Waals surface area contributed by atoms with Gasteiger partial charge in [0.05, 0.1) is 11.3 Å². The van der Waals surface area contributed by atoms with Gasteiger partial charge in [-0.15, -0.1) is 10.2 Å². The highest BCUT2D eigenvalue weighted by Gasteiger charge is 2.23. The first kappa shape index (κ1) is 23.2. The smallest absolute Gasteiger partial charge is 0.332 e. The summed E-state index contributed by atoms with van der Waals surface area (Å²) in [7, 11) is 2.67. The Labute approximate surface area is 197 Å². The molecular formula is C23H21FN6O3S. The van der Waals surface area contributed by atoms with E-state index in [-0.39, 0.29) is 28.5 Å². The Kier molecular flexibility index (Phi) is 6.20. The van der Waals surface area contributed by atoms with Crippen LogP contribution < -0.4 is 17.0 Å². The second-order valence-electron chi connectivity index (χ2n) is 7.63. The van der Waals surface area contributed by atoms with Crippen LogP contribution in [0.15, 0.2) is 63.3 Å². The number of aryl methyl sites for hydroxylation is 1. The number of carbonyl (C=O) groups excluding carboxylic acids is 1. The molecule has 11 heteroatoms. The number of nitrogens with zero attached hydrogens (tertiary/aromatic N) is 5. The zero-order chi connectivity index (χ0) is 24.6. The van der Waals surface area contributed by atoms with Crippen molar-refractivity contribution in [3.05, 3.63) is 86.3 Å². The first-order valence-corrected chi connectivity index (χ1v) is 11.2. The molecule has 2 aromatic carbocycles. The van der Waals surface area contributed by atoms with Crippen molar-refractivity contribution in [2.45, 2.75) is 12.1 Å². The van der Waals surface area contributed by atoms with Gasteiger partial charge in [0, 0.05) is 19.8 Å². The Hall–Kier alpha value is -3.99. The zero-order valence-electron chi connectivity index (χ0n) is 18.7. The lowest BCUT2D eigenvalue weighted by Crippen LogP contribution is -2.41. The molecule has 0 fully saturated rings. The van der Waals surface area contributed by atoms with Crippen molar-refractivity contribution in [2.24, 2.45) is 14.1 Å². The Bertz CT molecular complexity index is 1520. The van der Waals surface area contributed by atoms with Crippen molar-refractivity contribution in [2.75, 3.05) is 11.5 Å². The molecule has 0 saturated carbocycles. The molecule has 34 heavy (non-hydrogen) atoms. The normalized spacial score (nSPS) is 11.1. The molecule has 0 aliphatic heterocycles. The molecule has 0 spiro atoms. The van der Waals surface area contributed by atoms with Crippen LogP contribution in [0.25, 0.3) is 17.1 Å². The van der Waals surface area contributed by atoms with E-state index in [1.807, 2.05) is 31.2 Å². The van der Waals surface area contributed by atoms with Crippen molar-refractivity contribution in [3.8, 4) is 17.1 Å². The van der Waals surface area contributed by atoms with Crippen LogP contribution in [0.5, 0.6) is 0 Å². The molecule has 2 heterocycles. The summed E-state index contributed by atoms with van der Waals surface area (Å²) in [5.74, 6) is -1.15. The summed E-state index contributed by atoms with van der Waals surface area (Å²) in [5.41, 5.74) is 6.21. The van der Waals surface area contributed by atoms with E-state index in [1.54, 1.807) is 22.8 Å². The standard InChI is InChI=1S/C23H21FN6O3S/c1-13-8-10-14(11-9-13)30-20(15-6-4-5-7-16(15)24)26-27-22(30)34-12-17(31)18-19(25)28(2)23(33)29(3)21(18)32/h4-11H,12,25H2,1-3H3. The van der Waals surface area contributed by atoms with Gasteiger partial charge in [-0.1, -0.05) is 41.6 Å². The number of nitrogens with two attached hydrogens (primary N) is 1. The molecule has 2 N–H and O–H groups in total.